The molecule has 0 bridgehead atoms. The summed E-state index contributed by atoms with van der Waals surface area (Å²) in [5.41, 5.74) is 1.52. The highest BCUT2D eigenvalue weighted by Crippen LogP contribution is 2.26. The molecular weight excluding hydrogens is 346 g/mol. The third-order valence-corrected chi connectivity index (χ3v) is 4.49. The molecular formula is C20H23N3O4. The fourth-order valence-electron chi connectivity index (χ4n) is 3.02. The largest absolute Gasteiger partial charge is 0.497 e. The van der Waals surface area contributed by atoms with Crippen molar-refractivity contribution < 1.29 is 19.1 Å². The smallest absolute Gasteiger partial charge is 0.319 e. The van der Waals surface area contributed by atoms with E-state index in [0.29, 0.717) is 25.2 Å². The molecule has 3 amide bonds. The normalized spacial score (nSPS) is 16.1. The molecule has 142 valence electrons. The molecule has 0 aromatic heterocycles. The van der Waals surface area contributed by atoms with Crippen LogP contribution in [0.3, 0.4) is 0 Å². The van der Waals surface area contributed by atoms with Crippen LogP contribution in [-0.4, -0.2) is 39.2 Å². The van der Waals surface area contributed by atoms with Gasteiger partial charge in [-0.05, 0) is 48.5 Å². The minimum Gasteiger partial charge on any atom is -0.497 e. The van der Waals surface area contributed by atoms with Crippen molar-refractivity contribution in [3.05, 3.63) is 48.5 Å². The molecule has 27 heavy (non-hydrogen) atoms. The van der Waals surface area contributed by atoms with E-state index in [9.17, 15) is 9.59 Å². The third kappa shape index (κ3) is 4.69. The first-order valence-corrected chi connectivity index (χ1v) is 8.72. The summed E-state index contributed by atoms with van der Waals surface area (Å²) in [4.78, 5) is 26.1. The molecule has 7 heteroatoms. The Bertz CT molecular complexity index is 790. The van der Waals surface area contributed by atoms with Gasteiger partial charge in [0.05, 0.1) is 14.2 Å². The van der Waals surface area contributed by atoms with Crippen LogP contribution in [0.2, 0.25) is 0 Å². The molecule has 1 saturated heterocycles. The van der Waals surface area contributed by atoms with Gasteiger partial charge < -0.3 is 25.0 Å². The monoisotopic (exact) mass is 369 g/mol. The fourth-order valence-corrected chi connectivity index (χ4v) is 3.02. The Labute approximate surface area is 158 Å². The summed E-state index contributed by atoms with van der Waals surface area (Å²) in [6.07, 6.45) is 0.412. The van der Waals surface area contributed by atoms with Crippen molar-refractivity contribution in [3.8, 4) is 11.5 Å². The summed E-state index contributed by atoms with van der Waals surface area (Å²) in [5.74, 6) is 1.60. The lowest BCUT2D eigenvalue weighted by molar-refractivity contribution is -0.117. The number of nitrogens with one attached hydrogen (secondary N) is 2. The van der Waals surface area contributed by atoms with Gasteiger partial charge in [-0.3, -0.25) is 4.79 Å². The molecule has 2 aromatic rings. The van der Waals surface area contributed by atoms with E-state index >= 15 is 0 Å². The molecule has 1 atom stereocenters. The van der Waals surface area contributed by atoms with Crippen LogP contribution >= 0.6 is 0 Å². The van der Waals surface area contributed by atoms with Gasteiger partial charge >= 0.3 is 6.03 Å². The first-order valence-electron chi connectivity index (χ1n) is 8.72. The molecule has 0 saturated carbocycles. The van der Waals surface area contributed by atoms with Crippen LogP contribution in [-0.2, 0) is 4.79 Å². The second-order valence-corrected chi connectivity index (χ2v) is 6.34. The van der Waals surface area contributed by atoms with Crippen LogP contribution in [0.5, 0.6) is 11.5 Å². The number of carbonyl (C=O) groups is 2. The molecule has 2 N–H and O–H groups in total. The van der Waals surface area contributed by atoms with E-state index in [2.05, 4.69) is 10.6 Å². The lowest BCUT2D eigenvalue weighted by Crippen LogP contribution is -2.34. The highest BCUT2D eigenvalue weighted by Gasteiger charge is 2.30. The highest BCUT2D eigenvalue weighted by molar-refractivity contribution is 5.96. The minimum atomic E-state index is -0.296. The van der Waals surface area contributed by atoms with Crippen molar-refractivity contribution in [2.45, 2.75) is 6.42 Å². The first-order chi connectivity index (χ1) is 13.1. The number of urea groups is 1. The molecule has 2 aromatic carbocycles. The highest BCUT2D eigenvalue weighted by atomic mass is 16.5. The quantitative estimate of drug-likeness (QED) is 0.821. The van der Waals surface area contributed by atoms with Gasteiger partial charge in [0.1, 0.15) is 11.5 Å². The molecule has 1 aliphatic rings. The van der Waals surface area contributed by atoms with Gasteiger partial charge in [0.2, 0.25) is 5.91 Å². The number of carbonyl (C=O) groups excluding carboxylic acids is 2. The van der Waals surface area contributed by atoms with Gasteiger partial charge in [-0.15, -0.1) is 0 Å². The number of anilines is 2. The second kappa shape index (κ2) is 8.44. The lowest BCUT2D eigenvalue weighted by atomic mass is 10.1. The Hall–Kier alpha value is -3.22. The van der Waals surface area contributed by atoms with E-state index < -0.39 is 0 Å². The first kappa shape index (κ1) is 18.6. The Kier molecular flexibility index (Phi) is 5.80. The van der Waals surface area contributed by atoms with Crippen LogP contribution in [0, 0.1) is 5.92 Å². The summed E-state index contributed by atoms with van der Waals surface area (Å²) >= 11 is 0. The van der Waals surface area contributed by atoms with E-state index in [1.165, 1.54) is 0 Å². The fraction of sp³-hybridized carbons (Fsp3) is 0.300. The van der Waals surface area contributed by atoms with E-state index in [4.69, 9.17) is 9.47 Å². The van der Waals surface area contributed by atoms with E-state index in [-0.39, 0.29) is 17.9 Å². The van der Waals surface area contributed by atoms with Crippen LogP contribution in [0.25, 0.3) is 0 Å². The van der Waals surface area contributed by atoms with Gasteiger partial charge in [0.15, 0.2) is 0 Å². The zero-order valence-electron chi connectivity index (χ0n) is 15.4. The number of hydrogen-bond donors (Lipinski definition) is 2. The van der Waals surface area contributed by atoms with Crippen LogP contribution in [0.15, 0.2) is 48.5 Å². The Morgan fingerprint density at radius 3 is 2.22 bits per heavy atom. The van der Waals surface area contributed by atoms with Crippen molar-refractivity contribution >= 4 is 23.3 Å². The summed E-state index contributed by atoms with van der Waals surface area (Å²) in [7, 11) is 3.20. The summed E-state index contributed by atoms with van der Waals surface area (Å²) in [6.45, 7) is 1.01. The van der Waals surface area contributed by atoms with Crippen LogP contribution in [0.4, 0.5) is 16.2 Å². The maximum Gasteiger partial charge on any atom is 0.319 e. The molecule has 3 rings (SSSR count). The molecule has 1 heterocycles. The topological polar surface area (TPSA) is 79.9 Å². The lowest BCUT2D eigenvalue weighted by Gasteiger charge is -2.17. The Morgan fingerprint density at radius 1 is 1.04 bits per heavy atom. The minimum absolute atomic E-state index is 0.0579. The van der Waals surface area contributed by atoms with Gasteiger partial charge in [-0.2, -0.15) is 0 Å². The zero-order valence-corrected chi connectivity index (χ0v) is 15.4. The third-order valence-electron chi connectivity index (χ3n) is 4.49. The predicted octanol–water partition coefficient (Wildman–Crippen LogP) is 2.88. The van der Waals surface area contributed by atoms with Crippen molar-refractivity contribution in [2.24, 2.45) is 5.92 Å². The van der Waals surface area contributed by atoms with E-state index in [0.717, 1.165) is 17.2 Å². The summed E-state index contributed by atoms with van der Waals surface area (Å²) < 4.78 is 10.2. The molecule has 0 spiro atoms. The van der Waals surface area contributed by atoms with Crippen molar-refractivity contribution in [2.75, 3.05) is 37.5 Å². The van der Waals surface area contributed by atoms with Gasteiger partial charge in [0, 0.05) is 36.8 Å². The average Bonchev–Trinajstić information content (AvgIpc) is 3.07. The number of methoxy groups -OCH3 is 2. The Balaban J connectivity index is 1.49. The number of ether oxygens (including phenoxy) is 2. The van der Waals surface area contributed by atoms with Crippen molar-refractivity contribution in [1.82, 2.24) is 5.32 Å². The molecule has 0 aliphatic carbocycles. The molecule has 1 aliphatic heterocycles. The molecule has 7 nitrogen and oxygen atoms in total. The number of benzene rings is 2. The predicted molar refractivity (Wildman–Crippen MR) is 103 cm³/mol. The van der Waals surface area contributed by atoms with Crippen LogP contribution < -0.4 is 25.0 Å². The number of nitrogens with zero attached hydrogens (tertiary/aromatic N) is 1. The number of hydrogen-bond acceptors (Lipinski definition) is 4. The number of rotatable bonds is 6. The average molecular weight is 369 g/mol. The van der Waals surface area contributed by atoms with E-state index in [1.54, 1.807) is 43.4 Å². The number of amides is 3. The standard InChI is InChI=1S/C20H23N3O4/c1-26-17-7-3-15(4-8-17)22-20(25)21-12-14-11-19(24)23(13-14)16-5-9-18(27-2)10-6-16/h3-10,14H,11-13H2,1-2H3,(H2,21,22,25). The van der Waals surface area contributed by atoms with Crippen molar-refractivity contribution in [3.63, 3.8) is 0 Å². The maximum atomic E-state index is 12.3. The van der Waals surface area contributed by atoms with E-state index in [1.807, 2.05) is 24.3 Å². The van der Waals surface area contributed by atoms with Crippen molar-refractivity contribution in [1.29, 1.82) is 0 Å². The molecule has 1 fully saturated rings. The zero-order chi connectivity index (χ0) is 19.2. The molecule has 0 radical (unpaired) electrons. The van der Waals surface area contributed by atoms with Gasteiger partial charge in [-0.1, -0.05) is 0 Å². The van der Waals surface area contributed by atoms with Gasteiger partial charge in [-0.25, -0.2) is 4.79 Å². The van der Waals surface area contributed by atoms with Gasteiger partial charge in [0.25, 0.3) is 0 Å². The van der Waals surface area contributed by atoms with Crippen LogP contribution in [0.1, 0.15) is 6.42 Å². The SMILES string of the molecule is COc1ccc(NC(=O)NCC2CC(=O)N(c3ccc(OC)cc3)C2)cc1. The molecule has 1 unspecified atom stereocenters. The Morgan fingerprint density at radius 2 is 1.63 bits per heavy atom. The summed E-state index contributed by atoms with van der Waals surface area (Å²) in [5, 5.41) is 5.60. The second-order valence-electron chi connectivity index (χ2n) is 6.34. The maximum absolute atomic E-state index is 12.3. The summed E-state index contributed by atoms with van der Waals surface area (Å²) in [6, 6.07) is 14.2.